The van der Waals surface area contributed by atoms with Gasteiger partial charge in [0.25, 0.3) is 6.71 Å². The van der Waals surface area contributed by atoms with Crippen molar-refractivity contribution >= 4 is 57.2 Å². The molecule has 7 rings (SSSR count). The summed E-state index contributed by atoms with van der Waals surface area (Å²) in [7, 11) is 0. The summed E-state index contributed by atoms with van der Waals surface area (Å²) in [6, 6.07) is 40.3. The number of benzene rings is 5. The summed E-state index contributed by atoms with van der Waals surface area (Å²) in [5.41, 5.74) is 15.4. The number of hydrogen-bond donors (Lipinski definition) is 0. The molecule has 0 amide bonds. The predicted octanol–water partition coefficient (Wildman–Crippen LogP) is 6.69. The SMILES string of the molecule is Cc1ccc(N2c3ccc(C)cc3B3c4ccccc4N(c4ccccc4)c4cc(C)cc2c43)cc1. The Morgan fingerprint density at radius 3 is 1.75 bits per heavy atom. The molecule has 0 aliphatic carbocycles. The van der Waals surface area contributed by atoms with Crippen LogP contribution in [0.15, 0.2) is 109 Å². The molecule has 2 aliphatic rings. The summed E-state index contributed by atoms with van der Waals surface area (Å²) in [6.07, 6.45) is 0. The first-order valence-electron chi connectivity index (χ1n) is 12.7. The van der Waals surface area contributed by atoms with Crippen LogP contribution in [-0.4, -0.2) is 6.71 Å². The van der Waals surface area contributed by atoms with Gasteiger partial charge in [-0.05, 0) is 91.3 Å². The molecule has 0 N–H and O–H groups in total. The molecule has 2 heterocycles. The number of para-hydroxylation sites is 2. The van der Waals surface area contributed by atoms with Gasteiger partial charge in [0, 0.05) is 34.1 Å². The van der Waals surface area contributed by atoms with Crippen LogP contribution >= 0.6 is 0 Å². The van der Waals surface area contributed by atoms with Crippen molar-refractivity contribution in [3.05, 3.63) is 126 Å². The number of fused-ring (bicyclic) bond motifs is 4. The first kappa shape index (κ1) is 21.1. The summed E-state index contributed by atoms with van der Waals surface area (Å²) in [4.78, 5) is 4.92. The lowest BCUT2D eigenvalue weighted by Crippen LogP contribution is -2.61. The van der Waals surface area contributed by atoms with E-state index >= 15 is 0 Å². The average molecular weight is 462 g/mol. The molecule has 0 saturated heterocycles. The third-order valence-corrected chi connectivity index (χ3v) is 7.58. The van der Waals surface area contributed by atoms with Crippen molar-refractivity contribution in [2.45, 2.75) is 20.8 Å². The molecule has 0 radical (unpaired) electrons. The molecule has 5 aromatic rings. The van der Waals surface area contributed by atoms with E-state index < -0.39 is 0 Å². The Hall–Kier alpha value is -4.24. The molecule has 0 bridgehead atoms. The van der Waals surface area contributed by atoms with Gasteiger partial charge < -0.3 is 9.80 Å². The van der Waals surface area contributed by atoms with Crippen LogP contribution < -0.4 is 26.2 Å². The van der Waals surface area contributed by atoms with Crippen molar-refractivity contribution in [2.75, 3.05) is 9.80 Å². The highest BCUT2D eigenvalue weighted by atomic mass is 15.2. The third-order valence-electron chi connectivity index (χ3n) is 7.58. The highest BCUT2D eigenvalue weighted by Gasteiger charge is 2.43. The minimum atomic E-state index is 0.184. The van der Waals surface area contributed by atoms with E-state index in [1.54, 1.807) is 0 Å². The third kappa shape index (κ3) is 3.06. The second-order valence-corrected chi connectivity index (χ2v) is 10.1. The van der Waals surface area contributed by atoms with Gasteiger partial charge in [-0.3, -0.25) is 0 Å². The number of rotatable bonds is 2. The average Bonchev–Trinajstić information content (AvgIpc) is 2.89. The standard InChI is InChI=1S/C33H27BN2/c1-22-13-16-26(17-14-22)36-30-18-15-23(2)19-28(30)34-27-11-7-8-12-29(27)35(25-9-5-4-6-10-25)31-20-24(3)21-32(36)33(31)34/h4-21H,1-3H3. The fourth-order valence-electron chi connectivity index (χ4n) is 6.03. The van der Waals surface area contributed by atoms with Crippen molar-refractivity contribution in [1.29, 1.82) is 0 Å². The first-order valence-corrected chi connectivity index (χ1v) is 12.7. The van der Waals surface area contributed by atoms with E-state index in [-0.39, 0.29) is 6.71 Å². The van der Waals surface area contributed by atoms with Crippen LogP contribution in [0.25, 0.3) is 0 Å². The Morgan fingerprint density at radius 1 is 0.444 bits per heavy atom. The Bertz CT molecular complexity index is 1620. The Kier molecular flexibility index (Phi) is 4.62. The summed E-state index contributed by atoms with van der Waals surface area (Å²) in [5.74, 6) is 0. The molecule has 0 aromatic heterocycles. The highest BCUT2D eigenvalue weighted by Crippen LogP contribution is 2.44. The molecule has 36 heavy (non-hydrogen) atoms. The topological polar surface area (TPSA) is 6.48 Å². The molecule has 2 nitrogen and oxygen atoms in total. The van der Waals surface area contributed by atoms with Crippen LogP contribution in [0.2, 0.25) is 0 Å². The molecular weight excluding hydrogens is 435 g/mol. The second kappa shape index (κ2) is 7.89. The van der Waals surface area contributed by atoms with Gasteiger partial charge in [-0.1, -0.05) is 71.8 Å². The van der Waals surface area contributed by atoms with E-state index in [1.807, 2.05) is 0 Å². The normalized spacial score (nSPS) is 13.2. The lowest BCUT2D eigenvalue weighted by Gasteiger charge is -2.44. The monoisotopic (exact) mass is 462 g/mol. The Balaban J connectivity index is 1.60. The van der Waals surface area contributed by atoms with Crippen molar-refractivity contribution in [1.82, 2.24) is 0 Å². The van der Waals surface area contributed by atoms with Crippen molar-refractivity contribution < 1.29 is 0 Å². The summed E-state index contributed by atoms with van der Waals surface area (Å²) < 4.78 is 0. The number of nitrogens with zero attached hydrogens (tertiary/aromatic N) is 2. The maximum atomic E-state index is 2.47. The van der Waals surface area contributed by atoms with Crippen molar-refractivity contribution in [3.63, 3.8) is 0 Å². The molecule has 0 atom stereocenters. The van der Waals surface area contributed by atoms with Crippen LogP contribution in [0, 0.1) is 20.8 Å². The van der Waals surface area contributed by atoms with E-state index in [1.165, 1.54) is 67.2 Å². The van der Waals surface area contributed by atoms with Gasteiger partial charge in [-0.2, -0.15) is 0 Å². The van der Waals surface area contributed by atoms with Crippen LogP contribution in [0.3, 0.4) is 0 Å². The second-order valence-electron chi connectivity index (χ2n) is 10.1. The van der Waals surface area contributed by atoms with Gasteiger partial charge in [0.1, 0.15) is 0 Å². The fourth-order valence-corrected chi connectivity index (χ4v) is 6.03. The zero-order valence-electron chi connectivity index (χ0n) is 20.9. The Morgan fingerprint density at radius 2 is 1.03 bits per heavy atom. The highest BCUT2D eigenvalue weighted by molar-refractivity contribution is 7.00. The molecule has 0 unspecified atom stereocenters. The van der Waals surface area contributed by atoms with Crippen LogP contribution in [0.1, 0.15) is 16.7 Å². The first-order chi connectivity index (χ1) is 17.6. The van der Waals surface area contributed by atoms with E-state index in [0.717, 1.165) is 0 Å². The molecule has 172 valence electrons. The zero-order valence-corrected chi connectivity index (χ0v) is 20.9. The van der Waals surface area contributed by atoms with Gasteiger partial charge in [0.05, 0.1) is 0 Å². The lowest BCUT2D eigenvalue weighted by atomic mass is 9.33. The minimum Gasteiger partial charge on any atom is -0.311 e. The molecule has 5 aromatic carbocycles. The van der Waals surface area contributed by atoms with E-state index in [9.17, 15) is 0 Å². The molecule has 3 heteroatoms. The predicted molar refractivity (Wildman–Crippen MR) is 155 cm³/mol. The minimum absolute atomic E-state index is 0.184. The molecule has 0 saturated carbocycles. The largest absolute Gasteiger partial charge is 0.311 e. The number of anilines is 6. The van der Waals surface area contributed by atoms with E-state index in [0.29, 0.717) is 0 Å². The molecule has 2 aliphatic heterocycles. The smallest absolute Gasteiger partial charge is 0.252 e. The Labute approximate surface area is 213 Å². The summed E-state index contributed by atoms with van der Waals surface area (Å²) >= 11 is 0. The molecule has 0 fully saturated rings. The van der Waals surface area contributed by atoms with Gasteiger partial charge >= 0.3 is 0 Å². The fraction of sp³-hybridized carbons (Fsp3) is 0.0909. The van der Waals surface area contributed by atoms with Crippen LogP contribution in [0.5, 0.6) is 0 Å². The van der Waals surface area contributed by atoms with Crippen LogP contribution in [0.4, 0.5) is 34.1 Å². The lowest BCUT2D eigenvalue weighted by molar-refractivity contribution is 1.23. The summed E-state index contributed by atoms with van der Waals surface area (Å²) in [6.45, 7) is 6.75. The van der Waals surface area contributed by atoms with Gasteiger partial charge in [-0.25, -0.2) is 0 Å². The maximum absolute atomic E-state index is 2.47. The van der Waals surface area contributed by atoms with Gasteiger partial charge in [0.2, 0.25) is 0 Å². The van der Waals surface area contributed by atoms with E-state index in [2.05, 4.69) is 140 Å². The van der Waals surface area contributed by atoms with Crippen molar-refractivity contribution in [3.8, 4) is 0 Å². The maximum Gasteiger partial charge on any atom is 0.252 e. The number of aryl methyl sites for hydroxylation is 3. The number of hydrogen-bond acceptors (Lipinski definition) is 2. The van der Waals surface area contributed by atoms with Crippen molar-refractivity contribution in [2.24, 2.45) is 0 Å². The van der Waals surface area contributed by atoms with Crippen LogP contribution in [-0.2, 0) is 0 Å². The quantitative estimate of drug-likeness (QED) is 0.264. The van der Waals surface area contributed by atoms with Gasteiger partial charge in [0.15, 0.2) is 0 Å². The van der Waals surface area contributed by atoms with E-state index in [4.69, 9.17) is 0 Å². The zero-order chi connectivity index (χ0) is 24.4. The summed E-state index contributed by atoms with van der Waals surface area (Å²) in [5, 5.41) is 0. The molecular formula is C33H27BN2. The van der Waals surface area contributed by atoms with Gasteiger partial charge in [-0.15, -0.1) is 0 Å². The molecule has 0 spiro atoms.